The van der Waals surface area contributed by atoms with E-state index in [2.05, 4.69) is 0 Å². The van der Waals surface area contributed by atoms with E-state index in [0.717, 1.165) is 0 Å². The van der Waals surface area contributed by atoms with Crippen LogP contribution in [-0.4, -0.2) is 42.0 Å². The molecule has 1 N–H and O–H groups in total. The molecular formula is C20H18O6. The number of ether oxygens (including phenoxy) is 3. The Morgan fingerprint density at radius 1 is 0.885 bits per heavy atom. The molecule has 0 radical (unpaired) electrons. The second-order valence-corrected chi connectivity index (χ2v) is 5.66. The number of aliphatic hydroxyl groups is 1. The maximum absolute atomic E-state index is 12.4. The maximum Gasteiger partial charge on any atom is 0.338 e. The third-order valence-electron chi connectivity index (χ3n) is 3.90. The monoisotopic (exact) mass is 354 g/mol. The topological polar surface area (TPSA) is 82.1 Å². The number of benzene rings is 2. The molecule has 1 aliphatic rings. The van der Waals surface area contributed by atoms with E-state index in [9.17, 15) is 14.7 Å². The van der Waals surface area contributed by atoms with Crippen LogP contribution in [0.5, 0.6) is 0 Å². The number of rotatable bonds is 5. The van der Waals surface area contributed by atoms with Crippen LogP contribution in [0.1, 0.15) is 20.7 Å². The van der Waals surface area contributed by atoms with Gasteiger partial charge in [0.2, 0.25) is 0 Å². The molecule has 0 saturated heterocycles. The lowest BCUT2D eigenvalue weighted by Gasteiger charge is -2.32. The molecule has 0 amide bonds. The molecule has 0 fully saturated rings. The van der Waals surface area contributed by atoms with E-state index in [-0.39, 0.29) is 0 Å². The fourth-order valence-corrected chi connectivity index (χ4v) is 2.55. The standard InChI is InChI=1S/C20H18O6/c21-13-17-18(26-20(23)15-9-5-2-6-10-15)16(11-12-24-17)25-19(22)14-7-3-1-4-8-14/h1-12,16-18,21H,13H2/t16-,17-,18+/m1/s1. The van der Waals surface area contributed by atoms with Gasteiger partial charge >= 0.3 is 11.9 Å². The molecular weight excluding hydrogens is 336 g/mol. The molecule has 3 rings (SSSR count). The molecule has 0 unspecified atom stereocenters. The number of hydrogen-bond donors (Lipinski definition) is 1. The predicted octanol–water partition coefficient (Wildman–Crippen LogP) is 2.34. The van der Waals surface area contributed by atoms with Gasteiger partial charge < -0.3 is 19.3 Å². The first-order valence-corrected chi connectivity index (χ1v) is 8.14. The molecule has 0 aromatic heterocycles. The van der Waals surface area contributed by atoms with Crippen molar-refractivity contribution in [3.8, 4) is 0 Å². The van der Waals surface area contributed by atoms with E-state index < -0.39 is 36.9 Å². The molecule has 1 heterocycles. The molecule has 6 heteroatoms. The first-order valence-electron chi connectivity index (χ1n) is 8.14. The van der Waals surface area contributed by atoms with Crippen LogP contribution >= 0.6 is 0 Å². The summed E-state index contributed by atoms with van der Waals surface area (Å²) >= 11 is 0. The number of esters is 2. The van der Waals surface area contributed by atoms with E-state index >= 15 is 0 Å². The molecule has 134 valence electrons. The van der Waals surface area contributed by atoms with Gasteiger partial charge in [-0.1, -0.05) is 36.4 Å². The molecule has 6 nitrogen and oxygen atoms in total. The van der Waals surface area contributed by atoms with Crippen molar-refractivity contribution in [2.75, 3.05) is 6.61 Å². The van der Waals surface area contributed by atoms with Crippen LogP contribution in [0.4, 0.5) is 0 Å². The second kappa shape index (κ2) is 8.31. The van der Waals surface area contributed by atoms with Gasteiger partial charge in [0.05, 0.1) is 24.0 Å². The highest BCUT2D eigenvalue weighted by atomic mass is 16.6. The Bertz CT molecular complexity index is 771. The second-order valence-electron chi connectivity index (χ2n) is 5.66. The number of carbonyl (C=O) groups excluding carboxylic acids is 2. The molecule has 1 aliphatic heterocycles. The van der Waals surface area contributed by atoms with Crippen molar-refractivity contribution in [1.29, 1.82) is 0 Å². The highest BCUT2D eigenvalue weighted by molar-refractivity contribution is 5.90. The summed E-state index contributed by atoms with van der Waals surface area (Å²) in [5.74, 6) is -1.15. The van der Waals surface area contributed by atoms with E-state index in [4.69, 9.17) is 14.2 Å². The fourth-order valence-electron chi connectivity index (χ4n) is 2.55. The van der Waals surface area contributed by atoms with Crippen molar-refractivity contribution in [3.05, 3.63) is 84.1 Å². The lowest BCUT2D eigenvalue weighted by molar-refractivity contribution is -0.0959. The van der Waals surface area contributed by atoms with Gasteiger partial charge in [-0.3, -0.25) is 0 Å². The summed E-state index contributed by atoms with van der Waals surface area (Å²) in [5.41, 5.74) is 0.730. The number of aliphatic hydroxyl groups excluding tert-OH is 1. The summed E-state index contributed by atoms with van der Waals surface area (Å²) in [4.78, 5) is 24.7. The van der Waals surface area contributed by atoms with Gasteiger partial charge in [-0.25, -0.2) is 9.59 Å². The number of carbonyl (C=O) groups is 2. The van der Waals surface area contributed by atoms with Crippen molar-refractivity contribution in [2.45, 2.75) is 18.3 Å². The van der Waals surface area contributed by atoms with Crippen LogP contribution < -0.4 is 0 Å². The lowest BCUT2D eigenvalue weighted by Crippen LogP contribution is -2.47. The van der Waals surface area contributed by atoms with E-state index in [0.29, 0.717) is 11.1 Å². The summed E-state index contributed by atoms with van der Waals surface area (Å²) in [7, 11) is 0. The van der Waals surface area contributed by atoms with Crippen molar-refractivity contribution < 1.29 is 28.9 Å². The van der Waals surface area contributed by atoms with Gasteiger partial charge in [-0.05, 0) is 30.3 Å². The molecule has 26 heavy (non-hydrogen) atoms. The molecule has 0 bridgehead atoms. The van der Waals surface area contributed by atoms with Gasteiger partial charge in [-0.2, -0.15) is 0 Å². The van der Waals surface area contributed by atoms with Gasteiger partial charge in [0.1, 0.15) is 0 Å². The summed E-state index contributed by atoms with van der Waals surface area (Å²) in [6.07, 6.45) is 0.139. The third-order valence-corrected chi connectivity index (χ3v) is 3.90. The van der Waals surface area contributed by atoms with Crippen LogP contribution in [0.15, 0.2) is 73.0 Å². The fraction of sp³-hybridized carbons (Fsp3) is 0.200. The minimum atomic E-state index is -0.967. The molecule has 0 spiro atoms. The normalized spacial score (nSPS) is 21.5. The zero-order valence-electron chi connectivity index (χ0n) is 13.9. The average Bonchev–Trinajstić information content (AvgIpc) is 2.70. The Kier molecular flexibility index (Phi) is 5.66. The molecule has 0 saturated carbocycles. The predicted molar refractivity (Wildman–Crippen MR) is 92.4 cm³/mol. The molecule has 3 atom stereocenters. The Balaban J connectivity index is 1.76. The number of hydrogen-bond acceptors (Lipinski definition) is 6. The van der Waals surface area contributed by atoms with Gasteiger partial charge in [0.15, 0.2) is 18.3 Å². The Hall–Kier alpha value is -3.12. The van der Waals surface area contributed by atoms with Crippen molar-refractivity contribution in [3.63, 3.8) is 0 Å². The summed E-state index contributed by atoms with van der Waals surface area (Å²) < 4.78 is 16.2. The van der Waals surface area contributed by atoms with Gasteiger partial charge in [0, 0.05) is 0 Å². The summed E-state index contributed by atoms with van der Waals surface area (Å²) in [5, 5.41) is 9.52. The van der Waals surface area contributed by atoms with Crippen LogP contribution in [0.3, 0.4) is 0 Å². The highest BCUT2D eigenvalue weighted by Crippen LogP contribution is 2.21. The van der Waals surface area contributed by atoms with Gasteiger partial charge in [0.25, 0.3) is 0 Å². The van der Waals surface area contributed by atoms with Crippen LogP contribution in [-0.2, 0) is 14.2 Å². The van der Waals surface area contributed by atoms with E-state index in [1.807, 2.05) is 0 Å². The Morgan fingerprint density at radius 3 is 1.96 bits per heavy atom. The maximum atomic E-state index is 12.4. The Labute approximate surface area is 150 Å². The van der Waals surface area contributed by atoms with Crippen molar-refractivity contribution in [2.24, 2.45) is 0 Å². The molecule has 0 aliphatic carbocycles. The minimum absolute atomic E-state index is 0.354. The lowest BCUT2D eigenvalue weighted by atomic mass is 10.1. The van der Waals surface area contributed by atoms with E-state index in [1.165, 1.54) is 12.3 Å². The third kappa shape index (κ3) is 4.10. The molecule has 2 aromatic carbocycles. The zero-order valence-corrected chi connectivity index (χ0v) is 13.9. The SMILES string of the molecule is O=C(O[C@H]1[C@H](OC(=O)c2ccccc2)C=CO[C@@H]1CO)c1ccccc1. The van der Waals surface area contributed by atoms with E-state index in [1.54, 1.807) is 60.7 Å². The Morgan fingerprint density at radius 2 is 1.42 bits per heavy atom. The average molecular weight is 354 g/mol. The quantitative estimate of drug-likeness (QED) is 0.830. The van der Waals surface area contributed by atoms with Crippen LogP contribution in [0.2, 0.25) is 0 Å². The summed E-state index contributed by atoms with van der Waals surface area (Å²) in [6, 6.07) is 16.9. The molecule has 2 aromatic rings. The largest absolute Gasteiger partial charge is 0.492 e. The zero-order chi connectivity index (χ0) is 18.4. The van der Waals surface area contributed by atoms with Crippen LogP contribution in [0.25, 0.3) is 0 Å². The van der Waals surface area contributed by atoms with Crippen LogP contribution in [0, 0.1) is 0 Å². The first kappa shape index (κ1) is 17.7. The van der Waals surface area contributed by atoms with Crippen molar-refractivity contribution in [1.82, 2.24) is 0 Å². The first-order chi connectivity index (χ1) is 12.7. The highest BCUT2D eigenvalue weighted by Gasteiger charge is 2.38. The minimum Gasteiger partial charge on any atom is -0.492 e. The summed E-state index contributed by atoms with van der Waals surface area (Å²) in [6.45, 7) is -0.392. The van der Waals surface area contributed by atoms with Gasteiger partial charge in [-0.15, -0.1) is 0 Å². The smallest absolute Gasteiger partial charge is 0.338 e. The van der Waals surface area contributed by atoms with Crippen molar-refractivity contribution >= 4 is 11.9 Å².